The van der Waals surface area contributed by atoms with Crippen molar-refractivity contribution in [3.05, 3.63) is 94.5 Å². The number of thioether (sulfide) groups is 1. The molecule has 0 saturated heterocycles. The molecule has 3 aromatic rings. The summed E-state index contributed by atoms with van der Waals surface area (Å²) < 4.78 is 26.8. The number of para-hydroxylation sites is 1. The maximum atomic E-state index is 13.4. The fourth-order valence-corrected chi connectivity index (χ4v) is 5.51. The van der Waals surface area contributed by atoms with Crippen molar-refractivity contribution in [3.8, 4) is 0 Å². The van der Waals surface area contributed by atoms with Crippen molar-refractivity contribution in [2.75, 3.05) is 5.32 Å². The van der Waals surface area contributed by atoms with Crippen LogP contribution in [0.5, 0.6) is 0 Å². The molecule has 4 rings (SSSR count). The Morgan fingerprint density at radius 1 is 1.06 bits per heavy atom. The van der Waals surface area contributed by atoms with E-state index in [0.717, 1.165) is 17.0 Å². The number of nitrogens with one attached hydrogen (secondary N) is 3. The van der Waals surface area contributed by atoms with Crippen molar-refractivity contribution in [1.29, 1.82) is 0 Å². The predicted octanol–water partition coefficient (Wildman–Crippen LogP) is 4.64. The van der Waals surface area contributed by atoms with Gasteiger partial charge in [0.1, 0.15) is 23.7 Å². The van der Waals surface area contributed by atoms with Crippen LogP contribution in [0, 0.1) is 11.6 Å². The molecule has 0 spiro atoms. The Hall–Kier alpha value is -3.43. The van der Waals surface area contributed by atoms with Gasteiger partial charge < -0.3 is 16.0 Å². The maximum Gasteiger partial charge on any atom is 0.248 e. The number of fused-ring (bicyclic) bond motifs is 1. The lowest BCUT2D eigenvalue weighted by Gasteiger charge is -2.26. The number of hydrogen-bond donors (Lipinski definition) is 3. The van der Waals surface area contributed by atoms with Crippen molar-refractivity contribution in [1.82, 2.24) is 10.6 Å². The number of carbonyl (C=O) groups is 3. The predicted molar refractivity (Wildman–Crippen MR) is 135 cm³/mol. The van der Waals surface area contributed by atoms with Gasteiger partial charge in [-0.25, -0.2) is 8.78 Å². The molecule has 0 fully saturated rings. The average molecular weight is 530 g/mol. The molecule has 1 aliphatic rings. The third-order valence-corrected chi connectivity index (χ3v) is 7.29. The Morgan fingerprint density at radius 2 is 1.72 bits per heavy atom. The van der Waals surface area contributed by atoms with E-state index in [1.54, 1.807) is 36.4 Å². The normalized spacial score (nSPS) is 17.8. The van der Waals surface area contributed by atoms with Crippen LogP contribution in [0.3, 0.4) is 0 Å². The Kier molecular flexibility index (Phi) is 7.91. The molecule has 0 aliphatic carbocycles. The first-order chi connectivity index (χ1) is 17.2. The van der Waals surface area contributed by atoms with Crippen LogP contribution in [0.15, 0.2) is 71.6 Å². The van der Waals surface area contributed by atoms with Gasteiger partial charge in [0.15, 0.2) is 0 Å². The van der Waals surface area contributed by atoms with E-state index in [9.17, 15) is 23.2 Å². The summed E-state index contributed by atoms with van der Waals surface area (Å²) in [6, 6.07) is 15.1. The molecule has 36 heavy (non-hydrogen) atoms. The molecular formula is C26H22ClF2N3O3S. The first-order valence-electron chi connectivity index (χ1n) is 11.1. The molecule has 0 unspecified atom stereocenters. The van der Waals surface area contributed by atoms with Crippen LogP contribution in [0.1, 0.15) is 23.3 Å². The minimum absolute atomic E-state index is 0.133. The smallest absolute Gasteiger partial charge is 0.248 e. The molecule has 186 valence electrons. The molecule has 6 nitrogen and oxygen atoms in total. The quantitative estimate of drug-likeness (QED) is 0.434. The number of halogens is 3. The second-order valence-corrected chi connectivity index (χ2v) is 9.87. The standard InChI is InChI=1S/C26H22ClF2N3O3S/c1-14(30-22(33)12-15-10-16(28)13-17(29)11-15)25(34)32-23-24(18-6-2-3-7-19(18)27)36-21-9-5-4-8-20(21)31-26(23)35/h2-11,13-14,23-24H,12H2,1H3,(H,30,33)(H,31,35)(H,32,34)/t14-,23-,24+/m0/s1. The van der Waals surface area contributed by atoms with Gasteiger partial charge in [-0.15, -0.1) is 11.8 Å². The summed E-state index contributed by atoms with van der Waals surface area (Å²) in [5, 5.41) is 7.99. The average Bonchev–Trinajstić information content (AvgIpc) is 2.94. The van der Waals surface area contributed by atoms with Gasteiger partial charge in [-0.2, -0.15) is 0 Å². The lowest BCUT2D eigenvalue weighted by atomic mass is 10.0. The fourth-order valence-electron chi connectivity index (χ4n) is 3.85. The highest BCUT2D eigenvalue weighted by molar-refractivity contribution is 7.99. The number of hydrogen-bond acceptors (Lipinski definition) is 4. The number of benzene rings is 3. The van der Waals surface area contributed by atoms with Gasteiger partial charge >= 0.3 is 0 Å². The van der Waals surface area contributed by atoms with E-state index >= 15 is 0 Å². The first-order valence-corrected chi connectivity index (χ1v) is 12.3. The summed E-state index contributed by atoms with van der Waals surface area (Å²) >= 11 is 7.84. The highest BCUT2D eigenvalue weighted by Crippen LogP contribution is 2.45. The van der Waals surface area contributed by atoms with Gasteiger partial charge in [0.05, 0.1) is 17.4 Å². The monoisotopic (exact) mass is 529 g/mol. The molecule has 3 N–H and O–H groups in total. The van der Waals surface area contributed by atoms with E-state index in [-0.39, 0.29) is 12.0 Å². The molecular weight excluding hydrogens is 508 g/mol. The topological polar surface area (TPSA) is 87.3 Å². The molecule has 0 radical (unpaired) electrons. The van der Waals surface area contributed by atoms with E-state index in [1.807, 2.05) is 12.1 Å². The molecule has 3 aromatic carbocycles. The largest absolute Gasteiger partial charge is 0.344 e. The minimum Gasteiger partial charge on any atom is -0.344 e. The van der Waals surface area contributed by atoms with E-state index in [0.29, 0.717) is 22.3 Å². The zero-order valence-corrected chi connectivity index (χ0v) is 20.6. The van der Waals surface area contributed by atoms with Crippen LogP contribution in [0.2, 0.25) is 5.02 Å². The van der Waals surface area contributed by atoms with Crippen LogP contribution in [0.4, 0.5) is 14.5 Å². The van der Waals surface area contributed by atoms with Crippen molar-refractivity contribution < 1.29 is 23.2 Å². The zero-order chi connectivity index (χ0) is 25.8. The Morgan fingerprint density at radius 3 is 2.44 bits per heavy atom. The molecule has 0 bridgehead atoms. The number of anilines is 1. The maximum absolute atomic E-state index is 13.4. The van der Waals surface area contributed by atoms with Crippen molar-refractivity contribution >= 4 is 46.8 Å². The lowest BCUT2D eigenvalue weighted by Crippen LogP contribution is -2.53. The molecule has 10 heteroatoms. The third kappa shape index (κ3) is 6.03. The van der Waals surface area contributed by atoms with E-state index < -0.39 is 46.7 Å². The molecule has 1 aliphatic heterocycles. The van der Waals surface area contributed by atoms with Gasteiger partial charge in [-0.1, -0.05) is 41.9 Å². The summed E-state index contributed by atoms with van der Waals surface area (Å²) in [5.41, 5.74) is 1.42. The highest BCUT2D eigenvalue weighted by Gasteiger charge is 2.37. The van der Waals surface area contributed by atoms with E-state index in [4.69, 9.17) is 11.6 Å². The second-order valence-electron chi connectivity index (χ2n) is 8.28. The van der Waals surface area contributed by atoms with Gasteiger partial charge in [0.25, 0.3) is 0 Å². The third-order valence-electron chi connectivity index (χ3n) is 5.55. The second kappa shape index (κ2) is 11.1. The lowest BCUT2D eigenvalue weighted by molar-refractivity contribution is -0.130. The Bertz CT molecular complexity index is 1300. The fraction of sp³-hybridized carbons (Fsp3) is 0.192. The molecule has 3 amide bonds. The van der Waals surface area contributed by atoms with Crippen LogP contribution >= 0.6 is 23.4 Å². The van der Waals surface area contributed by atoms with Crippen LogP contribution in [0.25, 0.3) is 0 Å². The van der Waals surface area contributed by atoms with Crippen LogP contribution < -0.4 is 16.0 Å². The minimum atomic E-state index is -1.02. The summed E-state index contributed by atoms with van der Waals surface area (Å²) in [6.07, 6.45) is -0.316. The highest BCUT2D eigenvalue weighted by atomic mass is 35.5. The zero-order valence-electron chi connectivity index (χ0n) is 19.1. The Balaban J connectivity index is 1.51. The number of rotatable bonds is 6. The van der Waals surface area contributed by atoms with Crippen LogP contribution in [-0.4, -0.2) is 29.8 Å². The summed E-state index contributed by atoms with van der Waals surface area (Å²) in [7, 11) is 0. The summed E-state index contributed by atoms with van der Waals surface area (Å²) in [5.74, 6) is -3.23. The first kappa shape index (κ1) is 25.7. The van der Waals surface area contributed by atoms with Gasteiger partial charge in [0.2, 0.25) is 17.7 Å². The molecule has 3 atom stereocenters. The van der Waals surface area contributed by atoms with Crippen molar-refractivity contribution in [2.45, 2.75) is 35.6 Å². The van der Waals surface area contributed by atoms with Gasteiger partial charge in [0, 0.05) is 16.0 Å². The van der Waals surface area contributed by atoms with E-state index in [1.165, 1.54) is 18.7 Å². The van der Waals surface area contributed by atoms with Gasteiger partial charge in [-0.3, -0.25) is 14.4 Å². The van der Waals surface area contributed by atoms with Crippen molar-refractivity contribution in [2.24, 2.45) is 0 Å². The molecule has 0 aromatic heterocycles. The number of amides is 3. The SMILES string of the molecule is C[C@H](NC(=O)Cc1cc(F)cc(F)c1)C(=O)N[C@@H]1C(=O)Nc2ccccc2S[C@@H]1c1ccccc1Cl. The Labute approximate surface area is 215 Å². The molecule has 0 saturated carbocycles. The summed E-state index contributed by atoms with van der Waals surface area (Å²) in [4.78, 5) is 39.5. The molecule has 1 heterocycles. The van der Waals surface area contributed by atoms with E-state index in [2.05, 4.69) is 16.0 Å². The van der Waals surface area contributed by atoms with Crippen molar-refractivity contribution in [3.63, 3.8) is 0 Å². The summed E-state index contributed by atoms with van der Waals surface area (Å²) in [6.45, 7) is 1.46. The number of carbonyl (C=O) groups excluding carboxylic acids is 3. The van der Waals surface area contributed by atoms with Gasteiger partial charge in [-0.05, 0) is 48.4 Å². The van der Waals surface area contributed by atoms with Crippen LogP contribution in [-0.2, 0) is 20.8 Å².